The summed E-state index contributed by atoms with van der Waals surface area (Å²) < 4.78 is 38.3. The molecule has 2 atom stereocenters. The van der Waals surface area contributed by atoms with Crippen molar-refractivity contribution >= 4 is 21.8 Å². The van der Waals surface area contributed by atoms with Gasteiger partial charge in [-0.05, 0) is 37.2 Å². The molecule has 0 bridgehead atoms. The number of carbonyl (C=O) groups is 2. The molecule has 184 valence electrons. The quantitative estimate of drug-likeness (QED) is 0.270. The van der Waals surface area contributed by atoms with E-state index >= 15 is 0 Å². The third-order valence-electron chi connectivity index (χ3n) is 6.26. The van der Waals surface area contributed by atoms with Crippen molar-refractivity contribution in [3.05, 3.63) is 23.5 Å². The average Bonchev–Trinajstić information content (AvgIpc) is 3.43. The first-order valence-electron chi connectivity index (χ1n) is 10.6. The number of nitrogens with one attached hydrogen (secondary N) is 1. The third-order valence-corrected chi connectivity index (χ3v) is 8.29. The van der Waals surface area contributed by atoms with Crippen molar-refractivity contribution in [2.45, 2.75) is 36.7 Å². The number of rotatable bonds is 7. The zero-order valence-corrected chi connectivity index (χ0v) is 19.8. The van der Waals surface area contributed by atoms with Gasteiger partial charge in [0, 0.05) is 56.3 Å². The number of alkyl halides is 1. The SMILES string of the molecule is C[C@@](CCN1Cc2cc(C#CC#CC3(F)CCN(CCO)C3)cn2C1=O)(C(=O)NO)S(C)(=O)=O. The Balaban J connectivity index is 1.63. The van der Waals surface area contributed by atoms with Crippen LogP contribution in [0.25, 0.3) is 0 Å². The summed E-state index contributed by atoms with van der Waals surface area (Å²) in [6, 6.07) is 1.29. The second-order valence-corrected chi connectivity index (χ2v) is 11.1. The van der Waals surface area contributed by atoms with Gasteiger partial charge >= 0.3 is 6.03 Å². The van der Waals surface area contributed by atoms with Crippen LogP contribution in [0.5, 0.6) is 0 Å². The summed E-state index contributed by atoms with van der Waals surface area (Å²) in [6.07, 6.45) is 2.48. The van der Waals surface area contributed by atoms with Crippen LogP contribution in [0.2, 0.25) is 0 Å². The number of amides is 2. The Morgan fingerprint density at radius 1 is 1.35 bits per heavy atom. The number of aromatic nitrogens is 1. The molecule has 0 saturated carbocycles. The first kappa shape index (κ1) is 25.7. The van der Waals surface area contributed by atoms with Gasteiger partial charge in [0.1, 0.15) is 0 Å². The molecule has 1 saturated heterocycles. The van der Waals surface area contributed by atoms with Gasteiger partial charge in [-0.1, -0.05) is 5.92 Å². The predicted molar refractivity (Wildman–Crippen MR) is 120 cm³/mol. The molecular weight excluding hydrogens is 467 g/mol. The van der Waals surface area contributed by atoms with Crippen LogP contribution in [-0.2, 0) is 21.2 Å². The summed E-state index contributed by atoms with van der Waals surface area (Å²) in [6.45, 7) is 2.40. The molecule has 0 aromatic carbocycles. The molecule has 3 heterocycles. The van der Waals surface area contributed by atoms with Gasteiger partial charge in [0.2, 0.25) is 0 Å². The number of fused-ring (bicyclic) bond motifs is 1. The Morgan fingerprint density at radius 2 is 2.09 bits per heavy atom. The van der Waals surface area contributed by atoms with Crippen LogP contribution >= 0.6 is 0 Å². The Hall–Kier alpha value is -2.90. The number of halogens is 1. The Morgan fingerprint density at radius 3 is 2.71 bits per heavy atom. The normalized spacial score (nSPS) is 21.8. The number of aliphatic hydroxyl groups excluding tert-OH is 1. The van der Waals surface area contributed by atoms with Crippen LogP contribution in [0.3, 0.4) is 0 Å². The van der Waals surface area contributed by atoms with Crippen LogP contribution in [0, 0.1) is 23.7 Å². The molecule has 12 heteroatoms. The smallest absolute Gasteiger partial charge is 0.328 e. The molecule has 2 aliphatic rings. The molecule has 10 nitrogen and oxygen atoms in total. The van der Waals surface area contributed by atoms with Crippen molar-refractivity contribution in [1.29, 1.82) is 0 Å². The van der Waals surface area contributed by atoms with E-state index in [1.807, 2.05) is 0 Å². The maximum Gasteiger partial charge on any atom is 0.328 e. The number of likely N-dealkylation sites (tertiary alicyclic amines) is 1. The van der Waals surface area contributed by atoms with Crippen molar-refractivity contribution < 1.29 is 32.7 Å². The molecule has 1 aromatic heterocycles. The molecule has 1 unspecified atom stereocenters. The van der Waals surface area contributed by atoms with E-state index in [2.05, 4.69) is 23.7 Å². The molecule has 0 radical (unpaired) electrons. The maximum atomic E-state index is 14.6. The van der Waals surface area contributed by atoms with Gasteiger partial charge in [-0.3, -0.25) is 19.5 Å². The van der Waals surface area contributed by atoms with E-state index < -0.39 is 32.2 Å². The molecule has 2 amide bonds. The lowest BCUT2D eigenvalue weighted by atomic mass is 10.1. The number of hydrogen-bond donors (Lipinski definition) is 3. The molecule has 3 N–H and O–H groups in total. The average molecular weight is 495 g/mol. The van der Waals surface area contributed by atoms with E-state index in [4.69, 9.17) is 10.3 Å². The summed E-state index contributed by atoms with van der Waals surface area (Å²) in [5.41, 5.74) is 0.884. The van der Waals surface area contributed by atoms with Crippen molar-refractivity contribution in [2.75, 3.05) is 39.0 Å². The number of aliphatic hydroxyl groups is 1. The summed E-state index contributed by atoms with van der Waals surface area (Å²) in [5.74, 6) is 9.41. The number of β-amino-alcohol motifs (C(OH)–C–C–N with tert-alkyl or cyclic N) is 1. The minimum atomic E-state index is -3.86. The fourth-order valence-corrected chi connectivity index (χ4v) is 4.77. The lowest BCUT2D eigenvalue weighted by Gasteiger charge is -2.27. The number of hydrogen-bond acceptors (Lipinski definition) is 7. The van der Waals surface area contributed by atoms with Crippen molar-refractivity contribution in [1.82, 2.24) is 19.8 Å². The lowest BCUT2D eigenvalue weighted by Crippen LogP contribution is -2.50. The van der Waals surface area contributed by atoms with E-state index in [1.165, 1.54) is 28.1 Å². The highest BCUT2D eigenvalue weighted by Crippen LogP contribution is 2.26. The van der Waals surface area contributed by atoms with E-state index in [1.54, 1.807) is 11.0 Å². The molecule has 0 spiro atoms. The van der Waals surface area contributed by atoms with Crippen LogP contribution in [0.1, 0.15) is 31.0 Å². The fourth-order valence-electron chi connectivity index (χ4n) is 3.93. The standard InChI is InChI=1S/C22H27FN4O6S/c1-21(19(29)24-31,34(2,32)33)7-10-26-15-18-13-17(14-27(18)20(26)30)5-3-4-6-22(23)8-9-25(16-22)11-12-28/h13-14,28,31H,7-12,15-16H2,1-2H3,(H,24,29)/t21-,22?/m1/s1. The summed E-state index contributed by atoms with van der Waals surface area (Å²) in [4.78, 5) is 27.8. The first-order chi connectivity index (χ1) is 15.9. The van der Waals surface area contributed by atoms with Gasteiger partial charge in [0.15, 0.2) is 20.3 Å². The van der Waals surface area contributed by atoms with Gasteiger partial charge in [0.05, 0.1) is 13.2 Å². The van der Waals surface area contributed by atoms with Crippen LogP contribution in [0.4, 0.5) is 9.18 Å². The number of nitrogens with zero attached hydrogens (tertiary/aromatic N) is 3. The molecule has 1 aromatic rings. The number of sulfone groups is 1. The summed E-state index contributed by atoms with van der Waals surface area (Å²) in [7, 11) is -3.86. The van der Waals surface area contributed by atoms with Crippen molar-refractivity contribution in [2.24, 2.45) is 0 Å². The number of carbonyl (C=O) groups excluding carboxylic acids is 2. The first-order valence-corrected chi connectivity index (χ1v) is 12.5. The highest BCUT2D eigenvalue weighted by atomic mass is 32.2. The second-order valence-electron chi connectivity index (χ2n) is 8.70. The molecule has 3 rings (SSSR count). The maximum absolute atomic E-state index is 14.6. The second kappa shape index (κ2) is 9.76. The highest BCUT2D eigenvalue weighted by Gasteiger charge is 2.44. The zero-order chi connectivity index (χ0) is 25.1. The fraction of sp³-hybridized carbons (Fsp3) is 0.545. The number of hydroxylamine groups is 1. The zero-order valence-electron chi connectivity index (χ0n) is 19.0. The lowest BCUT2D eigenvalue weighted by molar-refractivity contribution is -0.131. The topological polar surface area (TPSA) is 132 Å². The molecule has 34 heavy (non-hydrogen) atoms. The predicted octanol–water partition coefficient (Wildman–Crippen LogP) is -0.268. The monoisotopic (exact) mass is 494 g/mol. The van der Waals surface area contributed by atoms with Crippen LogP contribution < -0.4 is 5.48 Å². The summed E-state index contributed by atoms with van der Waals surface area (Å²) in [5, 5.41) is 17.9. The van der Waals surface area contributed by atoms with E-state index in [0.717, 1.165) is 6.26 Å². The minimum absolute atomic E-state index is 0.0180. The minimum Gasteiger partial charge on any atom is -0.395 e. The van der Waals surface area contributed by atoms with E-state index in [9.17, 15) is 22.4 Å². The summed E-state index contributed by atoms with van der Waals surface area (Å²) >= 11 is 0. The largest absolute Gasteiger partial charge is 0.395 e. The highest BCUT2D eigenvalue weighted by molar-refractivity contribution is 7.92. The van der Waals surface area contributed by atoms with Crippen LogP contribution in [0.15, 0.2) is 12.3 Å². The third kappa shape index (κ3) is 5.26. The van der Waals surface area contributed by atoms with E-state index in [0.29, 0.717) is 24.3 Å². The molecule has 2 aliphatic heterocycles. The Kier molecular flexibility index (Phi) is 7.38. The molecule has 1 fully saturated rings. The van der Waals surface area contributed by atoms with Crippen molar-refractivity contribution in [3.8, 4) is 23.7 Å². The van der Waals surface area contributed by atoms with Gasteiger partial charge in [-0.25, -0.2) is 23.1 Å². The van der Waals surface area contributed by atoms with Gasteiger partial charge in [-0.2, -0.15) is 0 Å². The Bertz CT molecular complexity index is 1210. The van der Waals surface area contributed by atoms with Gasteiger partial charge < -0.3 is 10.0 Å². The molecular formula is C22H27FN4O6S. The van der Waals surface area contributed by atoms with Crippen LogP contribution in [-0.4, -0.2) is 94.5 Å². The Labute approximate surface area is 197 Å². The van der Waals surface area contributed by atoms with Gasteiger partial charge in [-0.15, -0.1) is 0 Å². The van der Waals surface area contributed by atoms with E-state index in [-0.39, 0.29) is 39.1 Å². The van der Waals surface area contributed by atoms with Gasteiger partial charge in [0.25, 0.3) is 5.91 Å². The van der Waals surface area contributed by atoms with Crippen molar-refractivity contribution in [3.63, 3.8) is 0 Å². The molecule has 0 aliphatic carbocycles.